The van der Waals surface area contributed by atoms with Crippen molar-refractivity contribution >= 4 is 16.9 Å². The van der Waals surface area contributed by atoms with Crippen molar-refractivity contribution < 1.29 is 37.5 Å². The van der Waals surface area contributed by atoms with Crippen molar-refractivity contribution in [2.45, 2.75) is 46.2 Å². The van der Waals surface area contributed by atoms with Crippen molar-refractivity contribution in [1.29, 1.82) is 0 Å². The van der Waals surface area contributed by atoms with E-state index in [9.17, 15) is 9.59 Å². The quantitative estimate of drug-likeness (QED) is 0.482. The average Bonchev–Trinajstić information content (AvgIpc) is 3.10. The van der Waals surface area contributed by atoms with E-state index in [1.165, 1.54) is 0 Å². The third-order valence-corrected chi connectivity index (χ3v) is 6.38. The molecule has 0 saturated heterocycles. The summed E-state index contributed by atoms with van der Waals surface area (Å²) in [5.74, 6) is 0.431. The van der Waals surface area contributed by atoms with Crippen LogP contribution in [0, 0.1) is 18.4 Å². The zero-order chi connectivity index (χ0) is 21.4. The number of fused-ring (bicyclic) bond motifs is 2. The minimum Gasteiger partial charge on any atom is -0.362 e. The first kappa shape index (κ1) is 23.8. The fraction of sp³-hybridized carbons (Fsp3) is 0.360. The van der Waals surface area contributed by atoms with Gasteiger partial charge in [0.1, 0.15) is 5.69 Å². The SMILES string of the molecule is C[CH-]CCC(C)C(C)N1Cc2c(cccc2-c2nc3[c-]cccc3n(C)c2=O)C1=O.[Y]. The molecule has 2 unspecified atom stereocenters. The summed E-state index contributed by atoms with van der Waals surface area (Å²) >= 11 is 0. The molecule has 2 aromatic carbocycles. The van der Waals surface area contributed by atoms with Crippen molar-refractivity contribution in [2.24, 2.45) is 13.0 Å². The summed E-state index contributed by atoms with van der Waals surface area (Å²) in [6.45, 7) is 6.88. The number of para-hydroxylation sites is 1. The molecule has 31 heavy (non-hydrogen) atoms. The van der Waals surface area contributed by atoms with Gasteiger partial charge in [-0.15, -0.1) is 6.07 Å². The first-order chi connectivity index (χ1) is 14.4. The maximum atomic E-state index is 13.2. The summed E-state index contributed by atoms with van der Waals surface area (Å²) in [6.07, 6.45) is 4.26. The molecule has 6 heteroatoms. The minimum atomic E-state index is -0.165. The molecule has 3 aromatic rings. The molecule has 0 spiro atoms. The summed E-state index contributed by atoms with van der Waals surface area (Å²) in [5, 5.41) is 0. The predicted octanol–water partition coefficient (Wildman–Crippen LogP) is 4.38. The van der Waals surface area contributed by atoms with Gasteiger partial charge in [0.15, 0.2) is 0 Å². The molecule has 0 fully saturated rings. The Morgan fingerprint density at radius 2 is 1.90 bits per heavy atom. The second kappa shape index (κ2) is 9.75. The van der Waals surface area contributed by atoms with Gasteiger partial charge >= 0.3 is 0 Å². The number of carbonyl (C=O) groups is 1. The van der Waals surface area contributed by atoms with Crippen molar-refractivity contribution in [3.05, 3.63) is 70.4 Å². The molecule has 0 saturated carbocycles. The number of benzene rings is 2. The van der Waals surface area contributed by atoms with E-state index in [4.69, 9.17) is 0 Å². The number of amides is 1. The van der Waals surface area contributed by atoms with Gasteiger partial charge in [-0.05, 0) is 35.5 Å². The van der Waals surface area contributed by atoms with Crippen LogP contribution >= 0.6 is 0 Å². The normalized spacial score (nSPS) is 15.0. The number of hydrogen-bond acceptors (Lipinski definition) is 3. The van der Waals surface area contributed by atoms with Crippen molar-refractivity contribution in [2.75, 3.05) is 0 Å². The van der Waals surface area contributed by atoms with E-state index < -0.39 is 0 Å². The van der Waals surface area contributed by atoms with E-state index in [1.54, 1.807) is 17.7 Å². The van der Waals surface area contributed by atoms with Gasteiger partial charge in [-0.3, -0.25) is 14.6 Å². The van der Waals surface area contributed by atoms with Crippen molar-refractivity contribution in [3.63, 3.8) is 0 Å². The number of rotatable bonds is 6. The molecule has 159 valence electrons. The number of unbranched alkanes of at least 4 members (excludes halogenated alkanes) is 1. The Labute approximate surface area is 208 Å². The summed E-state index contributed by atoms with van der Waals surface area (Å²) in [5.41, 5.74) is 3.90. The maximum absolute atomic E-state index is 13.2. The number of aromatic nitrogens is 2. The molecular weight excluding hydrogens is 463 g/mol. The average molecular weight is 490 g/mol. The van der Waals surface area contributed by atoms with E-state index in [2.05, 4.69) is 38.2 Å². The smallest absolute Gasteiger partial charge is 0.266 e. The predicted molar refractivity (Wildman–Crippen MR) is 119 cm³/mol. The van der Waals surface area contributed by atoms with Crippen LogP contribution in [0.25, 0.3) is 22.3 Å². The Bertz CT molecular complexity index is 1170. The van der Waals surface area contributed by atoms with E-state index in [-0.39, 0.29) is 50.2 Å². The van der Waals surface area contributed by atoms with E-state index in [0.717, 1.165) is 29.5 Å². The molecule has 0 bridgehead atoms. The maximum Gasteiger partial charge on any atom is 0.266 e. The van der Waals surface area contributed by atoms with Crippen LogP contribution in [0.4, 0.5) is 0 Å². The molecule has 4 rings (SSSR count). The van der Waals surface area contributed by atoms with E-state index in [0.29, 0.717) is 29.2 Å². The zero-order valence-electron chi connectivity index (χ0n) is 18.6. The summed E-state index contributed by atoms with van der Waals surface area (Å²) in [4.78, 5) is 32.8. The number of nitrogens with zero attached hydrogens (tertiary/aromatic N) is 3. The Hall–Kier alpha value is -1.85. The van der Waals surface area contributed by atoms with Crippen LogP contribution in [0.1, 0.15) is 49.5 Å². The van der Waals surface area contributed by atoms with Crippen LogP contribution in [0.15, 0.2) is 41.2 Å². The van der Waals surface area contributed by atoms with Gasteiger partial charge in [-0.2, -0.15) is 31.5 Å². The van der Waals surface area contributed by atoms with Gasteiger partial charge in [0.25, 0.3) is 11.5 Å². The van der Waals surface area contributed by atoms with Crippen LogP contribution < -0.4 is 5.56 Å². The van der Waals surface area contributed by atoms with Gasteiger partial charge in [0, 0.05) is 63.5 Å². The number of carbonyl (C=O) groups excluding carboxylic acids is 1. The first-order valence-electron chi connectivity index (χ1n) is 10.5. The first-order valence-corrected chi connectivity index (χ1v) is 10.5. The Balaban J connectivity index is 0.00000272. The third-order valence-electron chi connectivity index (χ3n) is 6.38. The molecule has 0 aliphatic carbocycles. The Morgan fingerprint density at radius 1 is 1.16 bits per heavy atom. The van der Waals surface area contributed by atoms with Crippen LogP contribution in [0.3, 0.4) is 0 Å². The van der Waals surface area contributed by atoms with Gasteiger partial charge in [-0.1, -0.05) is 25.5 Å². The Morgan fingerprint density at radius 3 is 2.65 bits per heavy atom. The Kier molecular flexibility index (Phi) is 7.48. The van der Waals surface area contributed by atoms with Gasteiger partial charge < -0.3 is 15.9 Å². The van der Waals surface area contributed by atoms with Crippen molar-refractivity contribution in [3.8, 4) is 11.3 Å². The molecule has 1 aliphatic rings. The standard InChI is InChI=1S/C25H27N3O2.Y/c1-5-6-10-16(2)17(3)28-15-20-18(11-9-12-19(20)24(28)29)23-25(30)27(4)22-14-8-7-13-21(22)26-23;/h5,7-9,11-12,14,16-17H,6,10,15H2,1-4H3;/q-2;. The molecule has 5 nitrogen and oxygen atoms in total. The van der Waals surface area contributed by atoms with Gasteiger partial charge in [0.05, 0.1) is 0 Å². The molecule has 1 aromatic heterocycles. The summed E-state index contributed by atoms with van der Waals surface area (Å²) in [7, 11) is 1.75. The molecule has 1 amide bonds. The zero-order valence-corrected chi connectivity index (χ0v) is 21.4. The molecule has 1 radical (unpaired) electrons. The number of hydrogen-bond donors (Lipinski definition) is 0. The minimum absolute atomic E-state index is 0. The van der Waals surface area contributed by atoms with Crippen molar-refractivity contribution in [1.82, 2.24) is 14.5 Å². The molecule has 2 atom stereocenters. The fourth-order valence-electron chi connectivity index (χ4n) is 4.27. The van der Waals surface area contributed by atoms with Crippen LogP contribution in [-0.4, -0.2) is 26.4 Å². The van der Waals surface area contributed by atoms with Gasteiger partial charge in [-0.25, -0.2) is 0 Å². The topological polar surface area (TPSA) is 55.2 Å². The summed E-state index contributed by atoms with van der Waals surface area (Å²) in [6, 6.07) is 14.3. The molecular formula is C25H27N3O2Y-2. The second-order valence-electron chi connectivity index (χ2n) is 8.20. The second-order valence-corrected chi connectivity index (χ2v) is 8.20. The molecule has 2 heterocycles. The number of aryl methyl sites for hydroxylation is 1. The van der Waals surface area contributed by atoms with Gasteiger partial charge in [0.2, 0.25) is 0 Å². The van der Waals surface area contributed by atoms with E-state index in [1.807, 2.05) is 35.2 Å². The van der Waals surface area contributed by atoms with Crippen LogP contribution in [-0.2, 0) is 46.3 Å². The molecule has 1 aliphatic heterocycles. The molecule has 0 N–H and O–H groups in total. The van der Waals surface area contributed by atoms with Crippen LogP contribution in [0.2, 0.25) is 0 Å². The monoisotopic (exact) mass is 490 g/mol. The largest absolute Gasteiger partial charge is 0.362 e. The summed E-state index contributed by atoms with van der Waals surface area (Å²) < 4.78 is 1.61. The van der Waals surface area contributed by atoms with E-state index >= 15 is 0 Å². The van der Waals surface area contributed by atoms with Crippen LogP contribution in [0.5, 0.6) is 0 Å². The third kappa shape index (κ3) is 4.27. The fourth-order valence-corrected chi connectivity index (χ4v) is 4.27.